The number of nitrogens with two attached hydrogens (primary N) is 1. The van der Waals surface area contributed by atoms with E-state index in [0.717, 1.165) is 18.2 Å². The van der Waals surface area contributed by atoms with Crippen LogP contribution in [0.2, 0.25) is 0 Å². The zero-order valence-corrected chi connectivity index (χ0v) is 11.4. The van der Waals surface area contributed by atoms with Crippen molar-refractivity contribution in [2.24, 2.45) is 22.1 Å². The highest BCUT2D eigenvalue weighted by atomic mass is 14.9. The van der Waals surface area contributed by atoms with Gasteiger partial charge in [0.15, 0.2) is 0 Å². The molecule has 1 atom stereocenters. The van der Waals surface area contributed by atoms with Crippen LogP contribution in [0.3, 0.4) is 0 Å². The summed E-state index contributed by atoms with van der Waals surface area (Å²) >= 11 is 0. The maximum atomic E-state index is 6.08. The fourth-order valence-corrected chi connectivity index (χ4v) is 2.42. The summed E-state index contributed by atoms with van der Waals surface area (Å²) in [7, 11) is 0. The van der Waals surface area contributed by atoms with E-state index in [2.05, 4.69) is 27.7 Å². The summed E-state index contributed by atoms with van der Waals surface area (Å²) in [6.45, 7) is 8.65. The molecule has 1 aliphatic carbocycles. The summed E-state index contributed by atoms with van der Waals surface area (Å²) in [5, 5.41) is 0. The zero-order chi connectivity index (χ0) is 12.2. The second-order valence-corrected chi connectivity index (χ2v) is 6.14. The van der Waals surface area contributed by atoms with Crippen LogP contribution in [-0.4, -0.2) is 11.9 Å². The van der Waals surface area contributed by atoms with Crippen molar-refractivity contribution in [1.82, 2.24) is 0 Å². The van der Waals surface area contributed by atoms with Gasteiger partial charge in [-0.1, -0.05) is 47.0 Å². The molecule has 16 heavy (non-hydrogen) atoms. The molecule has 0 aromatic carbocycles. The molecule has 94 valence electrons. The van der Waals surface area contributed by atoms with E-state index in [0.29, 0.717) is 6.04 Å². The minimum Gasteiger partial charge on any atom is -0.387 e. The van der Waals surface area contributed by atoms with E-state index in [9.17, 15) is 0 Å². The summed E-state index contributed by atoms with van der Waals surface area (Å²) in [6, 6.07) is 0.458. The Morgan fingerprint density at radius 1 is 1.25 bits per heavy atom. The third-order valence-electron chi connectivity index (χ3n) is 3.69. The average Bonchev–Trinajstić information content (AvgIpc) is 2.25. The molecule has 2 N–H and O–H groups in total. The highest BCUT2D eigenvalue weighted by molar-refractivity contribution is 5.85. The van der Waals surface area contributed by atoms with E-state index in [1.54, 1.807) is 0 Å². The summed E-state index contributed by atoms with van der Waals surface area (Å²) in [5.74, 6) is 1.60. The lowest BCUT2D eigenvalue weighted by Crippen LogP contribution is -2.32. The first-order chi connectivity index (χ1) is 7.45. The minimum atomic E-state index is 0.0160. The number of amidine groups is 1. The van der Waals surface area contributed by atoms with Crippen molar-refractivity contribution in [2.45, 2.75) is 72.3 Å². The van der Waals surface area contributed by atoms with Gasteiger partial charge >= 0.3 is 0 Å². The summed E-state index contributed by atoms with van der Waals surface area (Å²) in [6.07, 6.45) is 7.99. The second-order valence-electron chi connectivity index (χ2n) is 6.14. The van der Waals surface area contributed by atoms with Crippen molar-refractivity contribution in [3.8, 4) is 0 Å². The van der Waals surface area contributed by atoms with Gasteiger partial charge in [0.25, 0.3) is 0 Å². The van der Waals surface area contributed by atoms with Crippen LogP contribution in [0.25, 0.3) is 0 Å². The van der Waals surface area contributed by atoms with Crippen LogP contribution in [0.1, 0.15) is 66.2 Å². The Bertz CT molecular complexity index is 232. The molecule has 1 unspecified atom stereocenters. The van der Waals surface area contributed by atoms with E-state index in [-0.39, 0.29) is 5.41 Å². The molecule has 0 saturated heterocycles. The second kappa shape index (κ2) is 5.70. The van der Waals surface area contributed by atoms with Gasteiger partial charge in [-0.15, -0.1) is 0 Å². The molecule has 0 radical (unpaired) electrons. The van der Waals surface area contributed by atoms with Crippen LogP contribution < -0.4 is 5.73 Å². The highest BCUT2D eigenvalue weighted by Gasteiger charge is 2.24. The van der Waals surface area contributed by atoms with E-state index in [4.69, 9.17) is 10.7 Å². The number of nitrogens with zero attached hydrogens (tertiary/aromatic N) is 1. The van der Waals surface area contributed by atoms with Gasteiger partial charge in [0, 0.05) is 5.41 Å². The first-order valence-electron chi connectivity index (χ1n) is 6.79. The number of hydrogen-bond acceptors (Lipinski definition) is 1. The number of rotatable bonds is 3. The fraction of sp³-hybridized carbons (Fsp3) is 0.929. The van der Waals surface area contributed by atoms with Gasteiger partial charge in [-0.25, -0.2) is 0 Å². The van der Waals surface area contributed by atoms with Gasteiger partial charge in [0.1, 0.15) is 0 Å². The van der Waals surface area contributed by atoms with Crippen LogP contribution in [0, 0.1) is 11.3 Å². The lowest BCUT2D eigenvalue weighted by atomic mass is 9.83. The van der Waals surface area contributed by atoms with Crippen molar-refractivity contribution < 1.29 is 0 Å². The van der Waals surface area contributed by atoms with Gasteiger partial charge in [-0.05, 0) is 25.2 Å². The third-order valence-corrected chi connectivity index (χ3v) is 3.69. The molecule has 1 rings (SSSR count). The molecule has 2 heteroatoms. The van der Waals surface area contributed by atoms with Crippen LogP contribution in [0.5, 0.6) is 0 Å². The molecule has 1 saturated carbocycles. The summed E-state index contributed by atoms with van der Waals surface area (Å²) in [4.78, 5) is 4.78. The Hall–Kier alpha value is -0.530. The molecule has 0 spiro atoms. The van der Waals surface area contributed by atoms with E-state index in [1.807, 2.05) is 0 Å². The molecule has 1 fully saturated rings. The standard InChI is InChI=1S/C14H28N2/c1-5-12(11-9-7-6-8-10-11)16-13(15)14(2,3)4/h11-12H,5-10H2,1-4H3,(H2,15,16). The highest BCUT2D eigenvalue weighted by Crippen LogP contribution is 2.30. The molecule has 2 nitrogen and oxygen atoms in total. The first kappa shape index (κ1) is 13.5. The van der Waals surface area contributed by atoms with Gasteiger partial charge in [-0.3, -0.25) is 4.99 Å². The first-order valence-corrected chi connectivity index (χ1v) is 6.79. The molecule has 1 aliphatic rings. The van der Waals surface area contributed by atoms with Crippen LogP contribution in [-0.2, 0) is 0 Å². The monoisotopic (exact) mass is 224 g/mol. The van der Waals surface area contributed by atoms with Crippen molar-refractivity contribution >= 4 is 5.84 Å². The smallest absolute Gasteiger partial charge is 0.0994 e. The molecule has 0 heterocycles. The van der Waals surface area contributed by atoms with E-state index >= 15 is 0 Å². The zero-order valence-electron chi connectivity index (χ0n) is 11.4. The predicted molar refractivity (Wildman–Crippen MR) is 71.7 cm³/mol. The lowest BCUT2D eigenvalue weighted by molar-refractivity contribution is 0.299. The molecule has 0 bridgehead atoms. The number of hydrogen-bond donors (Lipinski definition) is 1. The normalized spacial score (nSPS) is 22.1. The topological polar surface area (TPSA) is 38.4 Å². The Morgan fingerprint density at radius 3 is 2.25 bits per heavy atom. The SMILES string of the molecule is CCC(N=C(N)C(C)(C)C)C1CCCCC1. The van der Waals surface area contributed by atoms with Gasteiger partial charge < -0.3 is 5.73 Å². The number of aliphatic imine (C=N–C) groups is 1. The predicted octanol–water partition coefficient (Wildman–Crippen LogP) is 3.75. The van der Waals surface area contributed by atoms with Crippen molar-refractivity contribution in [3.63, 3.8) is 0 Å². The quantitative estimate of drug-likeness (QED) is 0.575. The summed E-state index contributed by atoms with van der Waals surface area (Å²) < 4.78 is 0. The Morgan fingerprint density at radius 2 is 1.81 bits per heavy atom. The Balaban J connectivity index is 2.66. The fourth-order valence-electron chi connectivity index (χ4n) is 2.42. The van der Waals surface area contributed by atoms with E-state index < -0.39 is 0 Å². The third kappa shape index (κ3) is 3.80. The Kier molecular flexibility index (Phi) is 4.82. The maximum Gasteiger partial charge on any atom is 0.0994 e. The average molecular weight is 224 g/mol. The van der Waals surface area contributed by atoms with Crippen molar-refractivity contribution in [3.05, 3.63) is 0 Å². The molecule has 0 amide bonds. The van der Waals surface area contributed by atoms with Gasteiger partial charge in [0.05, 0.1) is 11.9 Å². The minimum absolute atomic E-state index is 0.0160. The van der Waals surface area contributed by atoms with Crippen molar-refractivity contribution in [1.29, 1.82) is 0 Å². The van der Waals surface area contributed by atoms with Gasteiger partial charge in [0.2, 0.25) is 0 Å². The largest absolute Gasteiger partial charge is 0.387 e. The molecule has 0 aromatic rings. The molecular weight excluding hydrogens is 196 g/mol. The van der Waals surface area contributed by atoms with Crippen molar-refractivity contribution in [2.75, 3.05) is 0 Å². The summed E-state index contributed by atoms with van der Waals surface area (Å²) in [5.41, 5.74) is 6.10. The maximum absolute atomic E-state index is 6.08. The lowest BCUT2D eigenvalue weighted by Gasteiger charge is -2.29. The van der Waals surface area contributed by atoms with Crippen LogP contribution >= 0.6 is 0 Å². The molecular formula is C14H28N2. The van der Waals surface area contributed by atoms with Crippen LogP contribution in [0.4, 0.5) is 0 Å². The molecule has 0 aliphatic heterocycles. The van der Waals surface area contributed by atoms with E-state index in [1.165, 1.54) is 32.1 Å². The molecule has 0 aromatic heterocycles. The van der Waals surface area contributed by atoms with Crippen LogP contribution in [0.15, 0.2) is 4.99 Å². The van der Waals surface area contributed by atoms with Gasteiger partial charge in [-0.2, -0.15) is 0 Å². The Labute approximate surface area is 101 Å².